The summed E-state index contributed by atoms with van der Waals surface area (Å²) in [4.78, 5) is 15.0. The number of carbonyl (C=O) groups excluding carboxylic acids is 1. The summed E-state index contributed by atoms with van der Waals surface area (Å²) in [5.74, 6) is 2.72. The van der Waals surface area contributed by atoms with Gasteiger partial charge in [0.15, 0.2) is 17.3 Å². The third kappa shape index (κ3) is 5.41. The first kappa shape index (κ1) is 22.8. The molecule has 2 heterocycles. The Hall–Kier alpha value is -3.97. The maximum absolute atomic E-state index is 12.7. The summed E-state index contributed by atoms with van der Waals surface area (Å²) in [6, 6.07) is 18.9. The zero-order valence-electron chi connectivity index (χ0n) is 19.6. The van der Waals surface area contributed by atoms with E-state index in [1.54, 1.807) is 13.2 Å². The van der Waals surface area contributed by atoms with Crippen molar-refractivity contribution in [2.45, 2.75) is 6.61 Å². The first-order valence-corrected chi connectivity index (χ1v) is 11.5. The van der Waals surface area contributed by atoms with E-state index in [0.717, 1.165) is 43.1 Å². The van der Waals surface area contributed by atoms with Crippen LogP contribution in [0.15, 0.2) is 66.7 Å². The van der Waals surface area contributed by atoms with Gasteiger partial charge in [-0.1, -0.05) is 12.1 Å². The number of fused-ring (bicyclic) bond motifs is 1. The molecular weight excluding hydrogens is 446 g/mol. The lowest BCUT2D eigenvalue weighted by Gasteiger charge is -2.28. The molecule has 0 unspecified atom stereocenters. The number of allylic oxidation sites excluding steroid dienone is 1. The number of carbonyl (C=O) groups is 1. The first-order chi connectivity index (χ1) is 17.2. The van der Waals surface area contributed by atoms with Crippen molar-refractivity contribution in [1.82, 2.24) is 0 Å². The van der Waals surface area contributed by atoms with E-state index < -0.39 is 0 Å². The van der Waals surface area contributed by atoms with E-state index in [2.05, 4.69) is 4.90 Å². The van der Waals surface area contributed by atoms with Crippen molar-refractivity contribution in [3.8, 4) is 23.0 Å². The molecule has 1 fully saturated rings. The van der Waals surface area contributed by atoms with E-state index in [0.29, 0.717) is 35.2 Å². The lowest BCUT2D eigenvalue weighted by atomic mass is 10.1. The van der Waals surface area contributed by atoms with Gasteiger partial charge in [0, 0.05) is 36.0 Å². The molecule has 2 aliphatic rings. The van der Waals surface area contributed by atoms with Gasteiger partial charge in [-0.3, -0.25) is 4.79 Å². The Labute approximate surface area is 204 Å². The summed E-state index contributed by atoms with van der Waals surface area (Å²) in [6.07, 6.45) is 3.40. The summed E-state index contributed by atoms with van der Waals surface area (Å²) < 4.78 is 27.6. The van der Waals surface area contributed by atoms with Crippen molar-refractivity contribution in [3.05, 3.63) is 83.4 Å². The summed E-state index contributed by atoms with van der Waals surface area (Å²) >= 11 is 0. The predicted molar refractivity (Wildman–Crippen MR) is 133 cm³/mol. The fraction of sp³-hybridized carbons (Fsp3) is 0.250. The average molecular weight is 474 g/mol. The molecule has 0 aromatic heterocycles. The van der Waals surface area contributed by atoms with Crippen LogP contribution in [0.1, 0.15) is 21.5 Å². The van der Waals surface area contributed by atoms with E-state index in [1.165, 1.54) is 0 Å². The molecule has 3 aromatic carbocycles. The topological polar surface area (TPSA) is 66.5 Å². The van der Waals surface area contributed by atoms with Gasteiger partial charge in [-0.2, -0.15) is 0 Å². The van der Waals surface area contributed by atoms with Crippen molar-refractivity contribution in [3.63, 3.8) is 0 Å². The normalized spacial score (nSPS) is 14.8. The minimum absolute atomic E-state index is 0.0486. The second-order valence-corrected chi connectivity index (χ2v) is 8.22. The molecule has 0 bridgehead atoms. The molecule has 0 atom stereocenters. The zero-order valence-corrected chi connectivity index (χ0v) is 19.6. The Kier molecular flexibility index (Phi) is 6.86. The van der Waals surface area contributed by atoms with Crippen LogP contribution in [0.5, 0.6) is 23.0 Å². The number of nitrogens with zero attached hydrogens (tertiary/aromatic N) is 1. The maximum atomic E-state index is 12.7. The number of ketones is 1. The van der Waals surface area contributed by atoms with Gasteiger partial charge in [0.1, 0.15) is 18.1 Å². The predicted octanol–water partition coefficient (Wildman–Crippen LogP) is 4.74. The van der Waals surface area contributed by atoms with Crippen LogP contribution >= 0.6 is 0 Å². The second-order valence-electron chi connectivity index (χ2n) is 8.22. The summed E-state index contributed by atoms with van der Waals surface area (Å²) in [7, 11) is 1.62. The average Bonchev–Trinajstić information content (AvgIpc) is 3.39. The summed E-state index contributed by atoms with van der Waals surface area (Å²) in [6.45, 7) is 3.72. The first-order valence-electron chi connectivity index (χ1n) is 11.5. The molecule has 7 nitrogen and oxygen atoms in total. The van der Waals surface area contributed by atoms with Gasteiger partial charge >= 0.3 is 0 Å². The zero-order chi connectivity index (χ0) is 24.0. The lowest BCUT2D eigenvalue weighted by Crippen LogP contribution is -2.36. The molecule has 0 N–H and O–H groups in total. The van der Waals surface area contributed by atoms with Crippen LogP contribution in [-0.2, 0) is 11.3 Å². The highest BCUT2D eigenvalue weighted by Gasteiger charge is 2.15. The quantitative estimate of drug-likeness (QED) is 0.346. The molecule has 1 saturated heterocycles. The SMILES string of the molecule is COc1ccc(/C=C/C(=O)c2ccc(N3CCOCC3)cc2)cc1COc1ccc2c(c1)OCO2. The highest BCUT2D eigenvalue weighted by atomic mass is 16.7. The number of ether oxygens (including phenoxy) is 5. The highest BCUT2D eigenvalue weighted by molar-refractivity contribution is 6.07. The van der Waals surface area contributed by atoms with Crippen LogP contribution < -0.4 is 23.8 Å². The smallest absolute Gasteiger partial charge is 0.231 e. The number of anilines is 1. The van der Waals surface area contributed by atoms with Crippen molar-refractivity contribution >= 4 is 17.5 Å². The summed E-state index contributed by atoms with van der Waals surface area (Å²) in [5.41, 5.74) is 3.51. The van der Waals surface area contributed by atoms with Crippen LogP contribution in [0.4, 0.5) is 5.69 Å². The Morgan fingerprint density at radius 1 is 0.971 bits per heavy atom. The number of methoxy groups -OCH3 is 1. The van der Waals surface area contributed by atoms with Crippen molar-refractivity contribution in [2.75, 3.05) is 45.1 Å². The van der Waals surface area contributed by atoms with Gasteiger partial charge < -0.3 is 28.6 Å². The minimum Gasteiger partial charge on any atom is -0.496 e. The molecule has 7 heteroatoms. The molecule has 0 spiro atoms. The van der Waals surface area contributed by atoms with Gasteiger partial charge in [0.25, 0.3) is 0 Å². The molecule has 35 heavy (non-hydrogen) atoms. The highest BCUT2D eigenvalue weighted by Crippen LogP contribution is 2.35. The van der Waals surface area contributed by atoms with Gasteiger partial charge in [-0.15, -0.1) is 0 Å². The standard InChI is InChI=1S/C28H27NO6/c1-31-26-10-3-20(16-22(26)18-33-24-8-11-27-28(17-24)35-19-34-27)2-9-25(30)21-4-6-23(7-5-21)29-12-14-32-15-13-29/h2-11,16-17H,12-15,18-19H2,1H3/b9-2+. The number of morpholine rings is 1. The molecule has 3 aromatic rings. The fourth-order valence-electron chi connectivity index (χ4n) is 4.07. The van der Waals surface area contributed by atoms with Crippen LogP contribution in [0.2, 0.25) is 0 Å². The number of benzene rings is 3. The van der Waals surface area contributed by atoms with Crippen molar-refractivity contribution in [2.24, 2.45) is 0 Å². The second kappa shape index (κ2) is 10.5. The molecule has 0 aliphatic carbocycles. The lowest BCUT2D eigenvalue weighted by molar-refractivity contribution is 0.104. The minimum atomic E-state index is -0.0486. The van der Waals surface area contributed by atoms with Crippen LogP contribution in [0.3, 0.4) is 0 Å². The van der Waals surface area contributed by atoms with E-state index in [-0.39, 0.29) is 12.6 Å². The Balaban J connectivity index is 1.24. The van der Waals surface area contributed by atoms with Crippen LogP contribution in [0.25, 0.3) is 6.08 Å². The van der Waals surface area contributed by atoms with Gasteiger partial charge in [-0.25, -0.2) is 0 Å². The Morgan fingerprint density at radius 2 is 1.77 bits per heavy atom. The summed E-state index contributed by atoms with van der Waals surface area (Å²) in [5, 5.41) is 0. The largest absolute Gasteiger partial charge is 0.496 e. The van der Waals surface area contributed by atoms with E-state index in [1.807, 2.05) is 66.7 Å². The van der Waals surface area contributed by atoms with Gasteiger partial charge in [0.2, 0.25) is 6.79 Å². The fourth-order valence-corrected chi connectivity index (χ4v) is 4.07. The third-order valence-corrected chi connectivity index (χ3v) is 6.00. The Bertz CT molecular complexity index is 1210. The van der Waals surface area contributed by atoms with Gasteiger partial charge in [0.05, 0.1) is 20.3 Å². The molecule has 0 saturated carbocycles. The molecule has 2 aliphatic heterocycles. The van der Waals surface area contributed by atoms with Crippen LogP contribution in [0, 0.1) is 0 Å². The number of rotatable bonds is 8. The van der Waals surface area contributed by atoms with Crippen LogP contribution in [-0.4, -0.2) is 46.0 Å². The van der Waals surface area contributed by atoms with Crippen molar-refractivity contribution in [1.29, 1.82) is 0 Å². The monoisotopic (exact) mass is 473 g/mol. The van der Waals surface area contributed by atoms with Crippen molar-refractivity contribution < 1.29 is 28.5 Å². The maximum Gasteiger partial charge on any atom is 0.231 e. The molecular formula is C28H27NO6. The Morgan fingerprint density at radius 3 is 2.57 bits per heavy atom. The van der Waals surface area contributed by atoms with E-state index in [9.17, 15) is 4.79 Å². The molecule has 0 radical (unpaired) electrons. The van der Waals surface area contributed by atoms with E-state index in [4.69, 9.17) is 23.7 Å². The molecule has 180 valence electrons. The molecule has 0 amide bonds. The molecule has 5 rings (SSSR count). The van der Waals surface area contributed by atoms with E-state index >= 15 is 0 Å². The van der Waals surface area contributed by atoms with Gasteiger partial charge in [-0.05, 0) is 60.2 Å². The number of hydrogen-bond acceptors (Lipinski definition) is 7. The number of hydrogen-bond donors (Lipinski definition) is 0. The third-order valence-electron chi connectivity index (χ3n) is 6.00.